The minimum Gasteiger partial charge on any atom is -0.486 e. The highest BCUT2D eigenvalue weighted by Crippen LogP contribution is 2.19. The van der Waals surface area contributed by atoms with E-state index in [4.69, 9.17) is 9.47 Å². The van der Waals surface area contributed by atoms with Gasteiger partial charge in [-0.1, -0.05) is 0 Å². The number of thiazole rings is 1. The van der Waals surface area contributed by atoms with Crippen LogP contribution in [-0.4, -0.2) is 35.2 Å². The molecule has 1 fully saturated rings. The lowest BCUT2D eigenvalue weighted by Gasteiger charge is -2.36. The lowest BCUT2D eigenvalue weighted by Crippen LogP contribution is -2.46. The van der Waals surface area contributed by atoms with Gasteiger partial charge in [-0.05, 0) is 38.1 Å². The van der Waals surface area contributed by atoms with Crippen LogP contribution in [-0.2, 0) is 17.9 Å². The molecule has 0 spiro atoms. The molecule has 2 unspecified atom stereocenters. The second-order valence-electron chi connectivity index (χ2n) is 5.90. The summed E-state index contributed by atoms with van der Waals surface area (Å²) in [4.78, 5) is 7.03. The first-order chi connectivity index (χ1) is 11.1. The van der Waals surface area contributed by atoms with Gasteiger partial charge in [0.2, 0.25) is 0 Å². The SMILES string of the molecule is CC1CN(Cc2csc(COc3ccc(F)cc3)n2)C(C)CO1. The summed E-state index contributed by atoms with van der Waals surface area (Å²) in [6.07, 6.45) is 0.270. The molecular formula is C17H21FN2O2S. The number of ether oxygens (including phenoxy) is 2. The predicted molar refractivity (Wildman–Crippen MR) is 88.1 cm³/mol. The molecule has 0 bridgehead atoms. The first kappa shape index (κ1) is 16.4. The normalized spacial score (nSPS) is 22.2. The molecule has 124 valence electrons. The van der Waals surface area contributed by atoms with Gasteiger partial charge >= 0.3 is 0 Å². The van der Waals surface area contributed by atoms with E-state index >= 15 is 0 Å². The van der Waals surface area contributed by atoms with Gasteiger partial charge in [-0.25, -0.2) is 9.37 Å². The highest BCUT2D eigenvalue weighted by molar-refractivity contribution is 7.09. The summed E-state index contributed by atoms with van der Waals surface area (Å²) in [5.74, 6) is 0.390. The van der Waals surface area contributed by atoms with E-state index in [0.717, 1.165) is 30.4 Å². The molecule has 0 aliphatic carbocycles. The monoisotopic (exact) mass is 336 g/mol. The van der Waals surface area contributed by atoms with Crippen LogP contribution >= 0.6 is 11.3 Å². The molecule has 6 heteroatoms. The van der Waals surface area contributed by atoms with E-state index in [2.05, 4.69) is 29.1 Å². The van der Waals surface area contributed by atoms with Crippen LogP contribution in [0.2, 0.25) is 0 Å². The van der Waals surface area contributed by atoms with Crippen LogP contribution in [0.25, 0.3) is 0 Å². The van der Waals surface area contributed by atoms with Gasteiger partial charge in [0.1, 0.15) is 23.2 Å². The van der Waals surface area contributed by atoms with Gasteiger partial charge < -0.3 is 9.47 Å². The average molecular weight is 336 g/mol. The van der Waals surface area contributed by atoms with Crippen molar-refractivity contribution in [3.8, 4) is 5.75 Å². The van der Waals surface area contributed by atoms with Gasteiger partial charge in [-0.2, -0.15) is 0 Å². The summed E-state index contributed by atoms with van der Waals surface area (Å²) >= 11 is 1.59. The fraction of sp³-hybridized carbons (Fsp3) is 0.471. The maximum atomic E-state index is 12.9. The Hall–Kier alpha value is -1.50. The Bertz CT molecular complexity index is 632. The van der Waals surface area contributed by atoms with Gasteiger partial charge in [0.25, 0.3) is 0 Å². The lowest BCUT2D eigenvalue weighted by molar-refractivity contribution is -0.0530. The Morgan fingerprint density at radius 2 is 2.13 bits per heavy atom. The van der Waals surface area contributed by atoms with E-state index < -0.39 is 0 Å². The van der Waals surface area contributed by atoms with Crippen molar-refractivity contribution in [3.05, 3.63) is 46.2 Å². The molecule has 23 heavy (non-hydrogen) atoms. The largest absolute Gasteiger partial charge is 0.486 e. The van der Waals surface area contributed by atoms with Gasteiger partial charge in [0.15, 0.2) is 0 Å². The van der Waals surface area contributed by atoms with Crippen LogP contribution in [0.4, 0.5) is 4.39 Å². The molecule has 1 saturated heterocycles. The third-order valence-electron chi connectivity index (χ3n) is 3.88. The van der Waals surface area contributed by atoms with E-state index in [1.54, 1.807) is 23.5 Å². The summed E-state index contributed by atoms with van der Waals surface area (Å²) in [7, 11) is 0. The molecule has 2 heterocycles. The molecule has 1 aliphatic heterocycles. The maximum absolute atomic E-state index is 12.9. The van der Waals surface area contributed by atoms with Gasteiger partial charge in [0, 0.05) is 24.5 Å². The van der Waals surface area contributed by atoms with Crippen LogP contribution in [0.1, 0.15) is 24.5 Å². The first-order valence-corrected chi connectivity index (χ1v) is 8.65. The third kappa shape index (κ3) is 4.50. The van der Waals surface area contributed by atoms with Crippen LogP contribution in [0.3, 0.4) is 0 Å². The summed E-state index contributed by atoms with van der Waals surface area (Å²) < 4.78 is 24.1. The smallest absolute Gasteiger partial charge is 0.140 e. The highest BCUT2D eigenvalue weighted by atomic mass is 32.1. The Balaban J connectivity index is 1.54. The lowest BCUT2D eigenvalue weighted by atomic mass is 10.2. The topological polar surface area (TPSA) is 34.6 Å². The van der Waals surface area contributed by atoms with E-state index in [9.17, 15) is 4.39 Å². The molecule has 0 saturated carbocycles. The number of nitrogens with zero attached hydrogens (tertiary/aromatic N) is 2. The number of morpholine rings is 1. The molecule has 0 N–H and O–H groups in total. The van der Waals surface area contributed by atoms with Crippen molar-refractivity contribution in [2.45, 2.75) is 39.1 Å². The summed E-state index contributed by atoms with van der Waals surface area (Å²) in [5, 5.41) is 3.01. The zero-order chi connectivity index (χ0) is 16.2. The van der Waals surface area contributed by atoms with Crippen molar-refractivity contribution >= 4 is 11.3 Å². The van der Waals surface area contributed by atoms with Crippen molar-refractivity contribution in [2.75, 3.05) is 13.2 Å². The van der Waals surface area contributed by atoms with Crippen molar-refractivity contribution in [1.29, 1.82) is 0 Å². The molecule has 0 radical (unpaired) electrons. The number of hydrogen-bond acceptors (Lipinski definition) is 5. The average Bonchev–Trinajstić information content (AvgIpc) is 2.98. The first-order valence-electron chi connectivity index (χ1n) is 7.77. The molecule has 1 aliphatic rings. The molecule has 3 rings (SSSR count). The molecule has 4 nitrogen and oxygen atoms in total. The van der Waals surface area contributed by atoms with Crippen molar-refractivity contribution in [2.24, 2.45) is 0 Å². The van der Waals surface area contributed by atoms with Crippen molar-refractivity contribution in [3.63, 3.8) is 0 Å². The summed E-state index contributed by atoms with van der Waals surface area (Å²) in [6.45, 7) is 7.22. The minimum atomic E-state index is -0.261. The second kappa shape index (κ2) is 7.38. The number of aromatic nitrogens is 1. The third-order valence-corrected chi connectivity index (χ3v) is 4.75. The number of benzene rings is 1. The van der Waals surface area contributed by atoms with Gasteiger partial charge in [-0.3, -0.25) is 4.90 Å². The molecular weight excluding hydrogens is 315 g/mol. The van der Waals surface area contributed by atoms with Gasteiger partial charge in [0.05, 0.1) is 18.4 Å². The zero-order valence-corrected chi connectivity index (χ0v) is 14.2. The fourth-order valence-electron chi connectivity index (χ4n) is 2.56. The Morgan fingerprint density at radius 1 is 1.35 bits per heavy atom. The Kier molecular flexibility index (Phi) is 5.25. The van der Waals surface area contributed by atoms with Gasteiger partial charge in [-0.15, -0.1) is 11.3 Å². The minimum absolute atomic E-state index is 0.261. The van der Waals surface area contributed by atoms with E-state index in [0.29, 0.717) is 18.4 Å². The van der Waals surface area contributed by atoms with Crippen LogP contribution in [0, 0.1) is 5.82 Å². The molecule has 1 aromatic carbocycles. The molecule has 2 atom stereocenters. The quantitative estimate of drug-likeness (QED) is 0.837. The number of halogens is 1. The van der Waals surface area contributed by atoms with E-state index in [1.807, 2.05) is 0 Å². The Labute approximate surface area is 139 Å². The molecule has 2 aromatic rings. The highest BCUT2D eigenvalue weighted by Gasteiger charge is 2.24. The number of hydrogen-bond donors (Lipinski definition) is 0. The second-order valence-corrected chi connectivity index (χ2v) is 6.84. The number of rotatable bonds is 5. The predicted octanol–water partition coefficient (Wildman–Crippen LogP) is 3.47. The molecule has 0 amide bonds. The Morgan fingerprint density at radius 3 is 2.91 bits per heavy atom. The van der Waals surface area contributed by atoms with E-state index in [-0.39, 0.29) is 11.9 Å². The van der Waals surface area contributed by atoms with Crippen LogP contribution < -0.4 is 4.74 Å². The zero-order valence-electron chi connectivity index (χ0n) is 13.4. The van der Waals surface area contributed by atoms with Crippen molar-refractivity contribution in [1.82, 2.24) is 9.88 Å². The fourth-order valence-corrected chi connectivity index (χ4v) is 3.26. The summed E-state index contributed by atoms with van der Waals surface area (Å²) in [5.41, 5.74) is 1.06. The van der Waals surface area contributed by atoms with Crippen LogP contribution in [0.5, 0.6) is 5.75 Å². The van der Waals surface area contributed by atoms with Crippen LogP contribution in [0.15, 0.2) is 29.6 Å². The maximum Gasteiger partial charge on any atom is 0.140 e. The molecule has 1 aromatic heterocycles. The summed E-state index contributed by atoms with van der Waals surface area (Å²) in [6, 6.07) is 6.45. The van der Waals surface area contributed by atoms with Crippen molar-refractivity contribution < 1.29 is 13.9 Å². The van der Waals surface area contributed by atoms with E-state index in [1.165, 1.54) is 12.1 Å². The standard InChI is InChI=1S/C17H21FN2O2S/c1-12-9-21-13(2)7-20(12)8-15-11-23-17(19-15)10-22-16-5-3-14(18)4-6-16/h3-6,11-13H,7-10H2,1-2H3.